The third kappa shape index (κ3) is 5.03. The van der Waals surface area contributed by atoms with E-state index in [0.29, 0.717) is 10.8 Å². The van der Waals surface area contributed by atoms with Crippen molar-refractivity contribution < 1.29 is 18.7 Å². The zero-order chi connectivity index (χ0) is 23.5. The molecule has 0 spiro atoms. The third-order valence-corrected chi connectivity index (χ3v) is 5.54. The summed E-state index contributed by atoms with van der Waals surface area (Å²) in [7, 11) is 0. The summed E-state index contributed by atoms with van der Waals surface area (Å²) in [6.07, 6.45) is 0. The smallest absolute Gasteiger partial charge is 0.326 e. The first-order valence-corrected chi connectivity index (χ1v) is 10.7. The van der Waals surface area contributed by atoms with E-state index < -0.39 is 17.8 Å². The van der Waals surface area contributed by atoms with E-state index >= 15 is 0 Å². The Labute approximate surface area is 203 Å². The molecule has 4 aromatic carbocycles. The van der Waals surface area contributed by atoms with Crippen molar-refractivity contribution in [2.45, 2.75) is 0 Å². The number of rotatable bonds is 4. The van der Waals surface area contributed by atoms with Gasteiger partial charge in [-0.05, 0) is 36.4 Å². The Morgan fingerprint density at radius 3 is 2.12 bits per heavy atom. The Morgan fingerprint density at radius 2 is 1.42 bits per heavy atom. The van der Waals surface area contributed by atoms with Gasteiger partial charge in [-0.15, -0.1) is 0 Å². The van der Waals surface area contributed by atoms with E-state index in [9.17, 15) is 14.0 Å². The highest BCUT2D eigenvalue weighted by Gasteiger charge is 2.17. The van der Waals surface area contributed by atoms with Crippen molar-refractivity contribution in [2.24, 2.45) is 0 Å². The first kappa shape index (κ1) is 22.9. The van der Waals surface area contributed by atoms with E-state index in [2.05, 4.69) is 5.32 Å². The van der Waals surface area contributed by atoms with Crippen LogP contribution in [0.1, 0.15) is 10.4 Å². The van der Waals surface area contributed by atoms with Gasteiger partial charge in [0.05, 0.1) is 15.6 Å². The molecular weight excluding hydrogens is 490 g/mol. The number of carbonyl (C=O) groups is 2. The molecule has 0 heterocycles. The molecule has 0 aliphatic rings. The van der Waals surface area contributed by atoms with Crippen LogP contribution in [-0.4, -0.2) is 11.9 Å². The van der Waals surface area contributed by atoms with Crippen LogP contribution in [0.3, 0.4) is 0 Å². The summed E-state index contributed by atoms with van der Waals surface area (Å²) in [4.78, 5) is 24.3. The van der Waals surface area contributed by atoms with Gasteiger partial charge in [0.2, 0.25) is 0 Å². The molecule has 9 heteroatoms. The predicted molar refractivity (Wildman–Crippen MR) is 128 cm³/mol. The van der Waals surface area contributed by atoms with Crippen LogP contribution in [-0.2, 0) is 0 Å². The average molecular weight is 504 g/mol. The van der Waals surface area contributed by atoms with Crippen LogP contribution in [0.2, 0.25) is 15.1 Å². The molecule has 33 heavy (non-hydrogen) atoms. The molecule has 4 rings (SSSR count). The van der Waals surface area contributed by atoms with Crippen molar-refractivity contribution in [3.05, 3.63) is 99.2 Å². The van der Waals surface area contributed by atoms with Gasteiger partial charge < -0.3 is 10.1 Å². The number of hydrogen-bond donors (Lipinski definition) is 2. The molecule has 2 N–H and O–H groups in total. The van der Waals surface area contributed by atoms with Gasteiger partial charge in [0.25, 0.3) is 5.91 Å². The highest BCUT2D eigenvalue weighted by atomic mass is 35.5. The van der Waals surface area contributed by atoms with E-state index in [4.69, 9.17) is 39.5 Å². The minimum absolute atomic E-state index is 0.122. The molecule has 5 nitrogen and oxygen atoms in total. The second-order valence-electron chi connectivity index (χ2n) is 6.85. The van der Waals surface area contributed by atoms with E-state index in [1.807, 2.05) is 29.6 Å². The SMILES string of the molecule is O=C(NC(=O)c1ccccc1F)Nc1cc(Cl)c(Oc2ccc(Cl)c3ccccc23)c(Cl)c1. The molecule has 0 saturated heterocycles. The Morgan fingerprint density at radius 1 is 0.788 bits per heavy atom. The number of nitrogens with one attached hydrogen (secondary N) is 2. The zero-order valence-electron chi connectivity index (χ0n) is 16.7. The lowest BCUT2D eigenvalue weighted by Crippen LogP contribution is -2.34. The maximum atomic E-state index is 13.7. The van der Waals surface area contributed by atoms with E-state index in [1.165, 1.54) is 30.3 Å². The first-order chi connectivity index (χ1) is 15.8. The Hall–Kier alpha value is -3.32. The summed E-state index contributed by atoms with van der Waals surface area (Å²) in [5.41, 5.74) is -0.0557. The largest absolute Gasteiger partial charge is 0.454 e. The van der Waals surface area contributed by atoms with Gasteiger partial charge in [-0.2, -0.15) is 0 Å². The molecule has 0 aliphatic carbocycles. The molecule has 0 fully saturated rings. The number of benzene rings is 4. The number of halogens is 4. The first-order valence-electron chi connectivity index (χ1n) is 9.54. The molecule has 4 aromatic rings. The molecule has 0 aliphatic heterocycles. The molecule has 0 unspecified atom stereocenters. The normalized spacial score (nSPS) is 10.7. The van der Waals surface area contributed by atoms with Gasteiger partial charge in [-0.3, -0.25) is 10.1 Å². The monoisotopic (exact) mass is 502 g/mol. The molecular formula is C24H14Cl3FN2O3. The third-order valence-electron chi connectivity index (χ3n) is 4.64. The summed E-state index contributed by atoms with van der Waals surface area (Å²) in [5, 5.41) is 6.87. The number of amides is 3. The average Bonchev–Trinajstić information content (AvgIpc) is 2.78. The lowest BCUT2D eigenvalue weighted by atomic mass is 10.1. The number of ether oxygens (including phenoxy) is 1. The van der Waals surface area contributed by atoms with Crippen molar-refractivity contribution in [1.82, 2.24) is 5.32 Å². The van der Waals surface area contributed by atoms with Crippen molar-refractivity contribution in [3.63, 3.8) is 0 Å². The van der Waals surface area contributed by atoms with E-state index in [1.54, 1.807) is 12.1 Å². The van der Waals surface area contributed by atoms with Crippen LogP contribution in [0, 0.1) is 5.82 Å². The van der Waals surface area contributed by atoms with Crippen molar-refractivity contribution in [2.75, 3.05) is 5.32 Å². The van der Waals surface area contributed by atoms with Gasteiger partial charge in [0.15, 0.2) is 5.75 Å². The van der Waals surface area contributed by atoms with Gasteiger partial charge in [0.1, 0.15) is 11.6 Å². The molecule has 0 atom stereocenters. The Balaban J connectivity index is 1.52. The highest BCUT2D eigenvalue weighted by molar-refractivity contribution is 6.38. The van der Waals surface area contributed by atoms with Crippen LogP contribution in [0.4, 0.5) is 14.9 Å². The van der Waals surface area contributed by atoms with Crippen molar-refractivity contribution >= 4 is 63.2 Å². The topological polar surface area (TPSA) is 67.4 Å². The van der Waals surface area contributed by atoms with Crippen LogP contribution >= 0.6 is 34.8 Å². The minimum atomic E-state index is -0.891. The molecule has 3 amide bonds. The maximum absolute atomic E-state index is 13.7. The van der Waals surface area contributed by atoms with E-state index in [0.717, 1.165) is 16.8 Å². The highest BCUT2D eigenvalue weighted by Crippen LogP contribution is 2.41. The number of anilines is 1. The Bertz CT molecular complexity index is 1370. The fourth-order valence-corrected chi connectivity index (χ4v) is 3.93. The number of imide groups is 1. The molecule has 0 bridgehead atoms. The molecule has 166 valence electrons. The second kappa shape index (κ2) is 9.67. The van der Waals surface area contributed by atoms with Crippen LogP contribution in [0.15, 0.2) is 72.8 Å². The summed E-state index contributed by atoms with van der Waals surface area (Å²) in [6.45, 7) is 0. The summed E-state index contributed by atoms with van der Waals surface area (Å²) < 4.78 is 19.7. The van der Waals surface area contributed by atoms with Crippen molar-refractivity contribution in [3.8, 4) is 11.5 Å². The molecule has 0 radical (unpaired) electrons. The van der Waals surface area contributed by atoms with Crippen LogP contribution in [0.5, 0.6) is 11.5 Å². The minimum Gasteiger partial charge on any atom is -0.454 e. The van der Waals surface area contributed by atoms with Gasteiger partial charge in [-0.25, -0.2) is 9.18 Å². The Kier molecular flexibility index (Phi) is 6.70. The number of carbonyl (C=O) groups excluding carboxylic acids is 2. The van der Waals surface area contributed by atoms with Crippen LogP contribution in [0.25, 0.3) is 10.8 Å². The number of fused-ring (bicyclic) bond motifs is 1. The molecule has 0 saturated carbocycles. The van der Waals surface area contributed by atoms with Crippen molar-refractivity contribution in [1.29, 1.82) is 0 Å². The standard InChI is InChI=1S/C24H14Cl3FN2O3/c25-17-9-10-21(15-6-2-1-5-14(15)17)33-22-18(26)11-13(12-19(22)27)29-24(32)30-23(31)16-7-3-4-8-20(16)28/h1-12H,(H2,29,30,31,32). The lowest BCUT2D eigenvalue weighted by Gasteiger charge is -2.14. The van der Waals surface area contributed by atoms with E-state index in [-0.39, 0.29) is 27.0 Å². The summed E-state index contributed by atoms with van der Waals surface area (Å²) in [6, 6.07) is 18.1. The summed E-state index contributed by atoms with van der Waals surface area (Å²) in [5.74, 6) is -0.964. The van der Waals surface area contributed by atoms with Gasteiger partial charge >= 0.3 is 6.03 Å². The quantitative estimate of drug-likeness (QED) is 0.300. The number of hydrogen-bond acceptors (Lipinski definition) is 3. The maximum Gasteiger partial charge on any atom is 0.326 e. The van der Waals surface area contributed by atoms with Crippen LogP contribution < -0.4 is 15.4 Å². The molecule has 0 aromatic heterocycles. The fraction of sp³-hybridized carbons (Fsp3) is 0. The zero-order valence-corrected chi connectivity index (χ0v) is 18.9. The summed E-state index contributed by atoms with van der Waals surface area (Å²) >= 11 is 18.9. The predicted octanol–water partition coefficient (Wildman–Crippen LogP) is 7.69. The second-order valence-corrected chi connectivity index (χ2v) is 8.07. The van der Waals surface area contributed by atoms with Gasteiger partial charge in [0, 0.05) is 21.5 Å². The lowest BCUT2D eigenvalue weighted by molar-refractivity contribution is 0.0963. The number of urea groups is 1. The van der Waals surface area contributed by atoms with Gasteiger partial charge in [-0.1, -0.05) is 71.2 Å². The fourth-order valence-electron chi connectivity index (χ4n) is 3.14.